The number of nitriles is 2. The van der Waals surface area contributed by atoms with Crippen LogP contribution in [0.4, 0.5) is 5.69 Å². The number of benzene rings is 3. The van der Waals surface area contributed by atoms with Crippen molar-refractivity contribution in [3.05, 3.63) is 138 Å². The quantitative estimate of drug-likeness (QED) is 0.189. The zero-order chi connectivity index (χ0) is 26.0. The van der Waals surface area contributed by atoms with Gasteiger partial charge in [0.1, 0.15) is 5.69 Å². The molecule has 1 radical (unpaired) electrons. The van der Waals surface area contributed by atoms with Crippen molar-refractivity contribution in [1.82, 2.24) is 9.97 Å². The summed E-state index contributed by atoms with van der Waals surface area (Å²) < 4.78 is 0. The van der Waals surface area contributed by atoms with E-state index in [4.69, 9.17) is 11.8 Å². The SMILES string of the molecule is [C-]#[N+]c1[c-]c(-c2ccc(C)cn2)c(C#N)c(C#N)c1.[Ir].[c-]1ccccc1-c1ccc(-c2ccccc2)cn1. The Morgan fingerprint density at radius 3 is 2.13 bits per heavy atom. The monoisotopic (exact) mass is 666 g/mol. The number of rotatable bonds is 3. The molecule has 0 atom stereocenters. The van der Waals surface area contributed by atoms with Gasteiger partial charge in [0.25, 0.3) is 0 Å². The van der Waals surface area contributed by atoms with Gasteiger partial charge in [-0.25, -0.2) is 5.26 Å². The Kier molecular flexibility index (Phi) is 9.76. The number of hydrogen-bond donors (Lipinski definition) is 0. The summed E-state index contributed by atoms with van der Waals surface area (Å²) in [4.78, 5) is 12.0. The van der Waals surface area contributed by atoms with Gasteiger partial charge in [-0.15, -0.1) is 53.6 Å². The minimum atomic E-state index is 0. The third kappa shape index (κ3) is 6.64. The smallest absolute Gasteiger partial charge is 0.107 e. The maximum absolute atomic E-state index is 9.18. The van der Waals surface area contributed by atoms with E-state index in [1.54, 1.807) is 12.3 Å². The molecule has 0 amide bonds. The molecule has 2 heterocycles. The Morgan fingerprint density at radius 1 is 0.816 bits per heavy atom. The summed E-state index contributed by atoms with van der Waals surface area (Å²) in [5.74, 6) is 0. The Balaban J connectivity index is 0.000000205. The van der Waals surface area contributed by atoms with Crippen LogP contribution in [0.2, 0.25) is 0 Å². The van der Waals surface area contributed by atoms with Crippen molar-refractivity contribution in [2.75, 3.05) is 0 Å². The first-order valence-corrected chi connectivity index (χ1v) is 11.3. The van der Waals surface area contributed by atoms with Gasteiger partial charge in [0.15, 0.2) is 0 Å². The first-order chi connectivity index (χ1) is 18.1. The van der Waals surface area contributed by atoms with Gasteiger partial charge in [-0.05, 0) is 46.1 Å². The molecule has 0 unspecified atom stereocenters. The van der Waals surface area contributed by atoms with Gasteiger partial charge in [0.2, 0.25) is 0 Å². The van der Waals surface area contributed by atoms with Crippen molar-refractivity contribution in [2.24, 2.45) is 0 Å². The Labute approximate surface area is 235 Å². The summed E-state index contributed by atoms with van der Waals surface area (Å²) in [5.41, 5.74) is 6.79. The van der Waals surface area contributed by atoms with Gasteiger partial charge in [-0.3, -0.25) is 4.85 Å². The molecule has 0 aliphatic heterocycles. The topological polar surface area (TPSA) is 77.7 Å². The van der Waals surface area contributed by atoms with Crippen LogP contribution in [-0.4, -0.2) is 9.97 Å². The van der Waals surface area contributed by atoms with Crippen LogP contribution in [0.5, 0.6) is 0 Å². The summed E-state index contributed by atoms with van der Waals surface area (Å²) in [6, 6.07) is 37.2. The van der Waals surface area contributed by atoms with Gasteiger partial charge in [0.05, 0.1) is 12.6 Å². The largest absolute Gasteiger partial charge is 0.304 e. The van der Waals surface area contributed by atoms with Crippen LogP contribution in [-0.2, 0) is 20.1 Å². The molecule has 0 aliphatic rings. The van der Waals surface area contributed by atoms with E-state index in [1.807, 2.05) is 79.9 Å². The summed E-state index contributed by atoms with van der Waals surface area (Å²) in [7, 11) is 0. The fraction of sp³-hybridized carbons (Fsp3) is 0.0312. The normalized spacial score (nSPS) is 9.42. The zero-order valence-electron chi connectivity index (χ0n) is 20.3. The summed E-state index contributed by atoms with van der Waals surface area (Å²) in [6.07, 6.45) is 3.58. The Morgan fingerprint density at radius 2 is 1.55 bits per heavy atom. The molecule has 5 rings (SSSR count). The summed E-state index contributed by atoms with van der Waals surface area (Å²) in [6.45, 7) is 8.92. The Bertz CT molecular complexity index is 1570. The van der Waals surface area contributed by atoms with E-state index in [1.165, 1.54) is 11.6 Å². The number of aromatic nitrogens is 2. The molecule has 0 bridgehead atoms. The minimum Gasteiger partial charge on any atom is -0.304 e. The van der Waals surface area contributed by atoms with Gasteiger partial charge >= 0.3 is 0 Å². The van der Waals surface area contributed by atoms with E-state index < -0.39 is 0 Å². The fourth-order valence-corrected chi connectivity index (χ4v) is 3.55. The van der Waals surface area contributed by atoms with Crippen LogP contribution >= 0.6 is 0 Å². The second-order valence-corrected chi connectivity index (χ2v) is 7.95. The molecule has 5 aromatic rings. The minimum absolute atomic E-state index is 0. The molecule has 183 valence electrons. The number of hydrogen-bond acceptors (Lipinski definition) is 4. The van der Waals surface area contributed by atoms with Crippen LogP contribution < -0.4 is 0 Å². The maximum atomic E-state index is 9.18. The van der Waals surface area contributed by atoms with Crippen LogP contribution in [0.15, 0.2) is 97.3 Å². The van der Waals surface area contributed by atoms with E-state index in [-0.39, 0.29) is 36.9 Å². The number of nitrogens with zero attached hydrogens (tertiary/aromatic N) is 5. The molecule has 0 saturated carbocycles. The second-order valence-electron chi connectivity index (χ2n) is 7.95. The van der Waals surface area contributed by atoms with Crippen molar-refractivity contribution >= 4 is 5.69 Å². The molecular weight excluding hydrogens is 647 g/mol. The van der Waals surface area contributed by atoms with Crippen LogP contribution in [0.25, 0.3) is 38.5 Å². The molecule has 5 nitrogen and oxygen atoms in total. The third-order valence-electron chi connectivity index (χ3n) is 5.43. The molecule has 6 heteroatoms. The van der Waals surface area contributed by atoms with Crippen LogP contribution in [0.1, 0.15) is 16.7 Å². The van der Waals surface area contributed by atoms with Gasteiger partial charge in [-0.2, -0.15) is 5.26 Å². The van der Waals surface area contributed by atoms with E-state index >= 15 is 0 Å². The van der Waals surface area contributed by atoms with E-state index in [2.05, 4.69) is 45.1 Å². The molecule has 0 N–H and O–H groups in total. The molecule has 0 fully saturated rings. The molecule has 38 heavy (non-hydrogen) atoms. The molecule has 0 spiro atoms. The second kappa shape index (κ2) is 13.4. The molecule has 3 aromatic carbocycles. The molecular formula is C32H19IrN5-2. The van der Waals surface area contributed by atoms with Crippen molar-refractivity contribution in [3.8, 4) is 45.8 Å². The Hall–Kier alpha value is -4.92. The average Bonchev–Trinajstić information content (AvgIpc) is 2.98. The number of aryl methyl sites for hydroxylation is 1. The first kappa shape index (κ1) is 27.7. The number of pyridine rings is 2. The van der Waals surface area contributed by atoms with Crippen LogP contribution in [0, 0.1) is 48.3 Å². The maximum Gasteiger partial charge on any atom is 0.107 e. The molecule has 0 aliphatic carbocycles. The van der Waals surface area contributed by atoms with Crippen molar-refractivity contribution in [2.45, 2.75) is 6.92 Å². The third-order valence-corrected chi connectivity index (χ3v) is 5.43. The summed E-state index contributed by atoms with van der Waals surface area (Å²) >= 11 is 0. The van der Waals surface area contributed by atoms with Crippen molar-refractivity contribution < 1.29 is 20.1 Å². The van der Waals surface area contributed by atoms with E-state index in [9.17, 15) is 5.26 Å². The van der Waals surface area contributed by atoms with Gasteiger partial charge in [0, 0.05) is 38.6 Å². The van der Waals surface area contributed by atoms with Gasteiger partial charge < -0.3 is 9.97 Å². The summed E-state index contributed by atoms with van der Waals surface area (Å²) in [5, 5.41) is 18.2. The zero-order valence-corrected chi connectivity index (χ0v) is 22.7. The standard InChI is InChI=1S/C17H12N.C15H7N4.Ir/c1-3-7-14(8-4-1)16-11-12-17(18-13-16)15-9-5-2-6-10-15;1-10-3-4-15(19-9-10)13-6-12(18-2)5-11(7-16)14(13)8-17;/h1-9,11-13H;3-5,9H,1H3;/q2*-1;. The first-order valence-electron chi connectivity index (χ1n) is 11.3. The van der Waals surface area contributed by atoms with E-state index in [0.29, 0.717) is 11.3 Å². The van der Waals surface area contributed by atoms with Crippen molar-refractivity contribution in [3.63, 3.8) is 0 Å². The molecule has 2 aromatic heterocycles. The van der Waals surface area contributed by atoms with Gasteiger partial charge in [-0.1, -0.05) is 54.6 Å². The molecule has 0 saturated heterocycles. The predicted molar refractivity (Wildman–Crippen MR) is 143 cm³/mol. The van der Waals surface area contributed by atoms with E-state index in [0.717, 1.165) is 22.4 Å². The predicted octanol–water partition coefficient (Wildman–Crippen LogP) is 7.36. The average molecular weight is 666 g/mol. The fourth-order valence-electron chi connectivity index (χ4n) is 3.55. The van der Waals surface area contributed by atoms with Crippen LogP contribution in [0.3, 0.4) is 0 Å². The van der Waals surface area contributed by atoms with Crippen molar-refractivity contribution in [1.29, 1.82) is 10.5 Å².